The largest absolute Gasteiger partial charge is 0.478 e. The number of alkyl halides is 3. The summed E-state index contributed by atoms with van der Waals surface area (Å²) in [5, 5.41) is 9.75. The minimum atomic E-state index is -4.38. The molecule has 7 nitrogen and oxygen atoms in total. The predicted octanol–water partition coefficient (Wildman–Crippen LogP) is 4.96. The number of methoxy groups -OCH3 is 1. The number of carboxylic acids is 1. The van der Waals surface area contributed by atoms with Gasteiger partial charge in [-0.2, -0.15) is 13.2 Å². The summed E-state index contributed by atoms with van der Waals surface area (Å²) >= 11 is 1.40. The number of ether oxygens (including phenoxy) is 1. The molecule has 190 valence electrons. The molecule has 1 saturated heterocycles. The van der Waals surface area contributed by atoms with Crippen LogP contribution in [0.15, 0.2) is 59.8 Å². The molecule has 36 heavy (non-hydrogen) atoms. The Bertz CT molecular complexity index is 1220. The van der Waals surface area contributed by atoms with E-state index < -0.39 is 17.7 Å². The Hall–Kier alpha value is -3.31. The quantitative estimate of drug-likeness (QED) is 0.331. The predicted molar refractivity (Wildman–Crippen MR) is 132 cm³/mol. The molecule has 3 aromatic rings. The van der Waals surface area contributed by atoms with Crippen LogP contribution in [0.25, 0.3) is 0 Å². The first-order valence-electron chi connectivity index (χ1n) is 11.2. The van der Waals surface area contributed by atoms with Gasteiger partial charge in [-0.25, -0.2) is 14.8 Å². The molecule has 1 N–H and O–H groups in total. The summed E-state index contributed by atoms with van der Waals surface area (Å²) in [4.78, 5) is 24.5. The van der Waals surface area contributed by atoms with Gasteiger partial charge in [0.25, 0.3) is 0 Å². The minimum Gasteiger partial charge on any atom is -0.478 e. The van der Waals surface area contributed by atoms with Crippen LogP contribution in [0.2, 0.25) is 0 Å². The SMILES string of the molecule is COCc1cc(N2CCN(c3cccc(C(F)(F)F)c3)CC2)nc(SCc2cccc(C(=O)O)c2)n1. The lowest BCUT2D eigenvalue weighted by Gasteiger charge is -2.37. The van der Waals surface area contributed by atoms with Crippen molar-refractivity contribution in [2.24, 2.45) is 0 Å². The van der Waals surface area contributed by atoms with Gasteiger partial charge in [0.05, 0.1) is 23.4 Å². The van der Waals surface area contributed by atoms with E-state index in [-0.39, 0.29) is 5.56 Å². The maximum absolute atomic E-state index is 13.1. The third kappa shape index (κ3) is 6.46. The molecule has 0 atom stereocenters. The Labute approximate surface area is 210 Å². The second-order valence-corrected chi connectivity index (χ2v) is 9.19. The van der Waals surface area contributed by atoms with Crippen molar-refractivity contribution >= 4 is 29.2 Å². The van der Waals surface area contributed by atoms with Gasteiger partial charge in [-0.05, 0) is 35.9 Å². The Balaban J connectivity index is 1.46. The zero-order valence-corrected chi connectivity index (χ0v) is 20.3. The van der Waals surface area contributed by atoms with Crippen LogP contribution >= 0.6 is 11.8 Å². The second-order valence-electron chi connectivity index (χ2n) is 8.25. The fourth-order valence-electron chi connectivity index (χ4n) is 3.92. The zero-order valence-electron chi connectivity index (χ0n) is 19.5. The van der Waals surface area contributed by atoms with E-state index in [0.29, 0.717) is 55.1 Å². The van der Waals surface area contributed by atoms with Crippen LogP contribution in [0.5, 0.6) is 0 Å². The van der Waals surface area contributed by atoms with Crippen molar-refractivity contribution in [2.45, 2.75) is 23.7 Å². The van der Waals surface area contributed by atoms with Gasteiger partial charge in [0.2, 0.25) is 0 Å². The van der Waals surface area contributed by atoms with E-state index in [4.69, 9.17) is 9.72 Å². The smallest absolute Gasteiger partial charge is 0.416 e. The first-order chi connectivity index (χ1) is 17.2. The third-order valence-electron chi connectivity index (χ3n) is 5.72. The fourth-order valence-corrected chi connectivity index (χ4v) is 4.74. The van der Waals surface area contributed by atoms with E-state index in [9.17, 15) is 23.1 Å². The van der Waals surface area contributed by atoms with E-state index in [0.717, 1.165) is 17.4 Å². The molecular weight excluding hydrogens is 493 g/mol. The topological polar surface area (TPSA) is 78.8 Å². The Morgan fingerprint density at radius 3 is 2.44 bits per heavy atom. The van der Waals surface area contributed by atoms with Gasteiger partial charge in [-0.3, -0.25) is 0 Å². The fraction of sp³-hybridized carbons (Fsp3) is 0.320. The summed E-state index contributed by atoms with van der Waals surface area (Å²) in [6, 6.07) is 14.0. The lowest BCUT2D eigenvalue weighted by molar-refractivity contribution is -0.137. The van der Waals surface area contributed by atoms with E-state index in [1.165, 1.54) is 23.9 Å². The second kappa shape index (κ2) is 11.2. The molecule has 1 aliphatic heterocycles. The average Bonchev–Trinajstić information content (AvgIpc) is 2.87. The molecule has 0 radical (unpaired) electrons. The molecule has 11 heteroatoms. The number of carboxylic acid groups (broad SMARTS) is 1. The number of aromatic carboxylic acids is 1. The summed E-state index contributed by atoms with van der Waals surface area (Å²) in [6.45, 7) is 2.58. The zero-order chi connectivity index (χ0) is 25.7. The van der Waals surface area contributed by atoms with E-state index in [1.807, 2.05) is 17.0 Å². The first kappa shape index (κ1) is 25.8. The van der Waals surface area contributed by atoms with Crippen LogP contribution in [-0.2, 0) is 23.3 Å². The van der Waals surface area contributed by atoms with Gasteiger partial charge in [0, 0.05) is 50.8 Å². The van der Waals surface area contributed by atoms with Crippen LogP contribution in [-0.4, -0.2) is 54.3 Å². The number of aromatic nitrogens is 2. The van der Waals surface area contributed by atoms with Gasteiger partial charge in [0.15, 0.2) is 5.16 Å². The first-order valence-corrected chi connectivity index (χ1v) is 12.2. The molecule has 1 fully saturated rings. The molecule has 1 aliphatic rings. The van der Waals surface area contributed by atoms with Crippen molar-refractivity contribution in [3.8, 4) is 0 Å². The van der Waals surface area contributed by atoms with E-state index in [2.05, 4.69) is 9.88 Å². The minimum absolute atomic E-state index is 0.224. The number of hydrogen-bond acceptors (Lipinski definition) is 7. The number of carbonyl (C=O) groups is 1. The van der Waals surface area contributed by atoms with E-state index in [1.54, 1.807) is 31.4 Å². The Kier molecular flexibility index (Phi) is 8.00. The van der Waals surface area contributed by atoms with Gasteiger partial charge < -0.3 is 19.6 Å². The highest BCUT2D eigenvalue weighted by Crippen LogP contribution is 2.32. The van der Waals surface area contributed by atoms with Crippen molar-refractivity contribution in [3.63, 3.8) is 0 Å². The van der Waals surface area contributed by atoms with Crippen LogP contribution < -0.4 is 9.80 Å². The van der Waals surface area contributed by atoms with Gasteiger partial charge >= 0.3 is 12.1 Å². The molecule has 2 heterocycles. The lowest BCUT2D eigenvalue weighted by atomic mass is 10.1. The highest BCUT2D eigenvalue weighted by Gasteiger charge is 2.31. The number of nitrogens with zero attached hydrogens (tertiary/aromatic N) is 4. The molecule has 0 saturated carbocycles. The summed E-state index contributed by atoms with van der Waals surface area (Å²) in [6.07, 6.45) is -4.38. The standard InChI is InChI=1S/C25H25F3N4O3S/c1-35-15-20-14-22(30-24(29-20)36-16-17-4-2-5-18(12-17)23(33)34)32-10-8-31(9-11-32)21-7-3-6-19(13-21)25(26,27)28/h2-7,12-14H,8-11,15-16H2,1H3,(H,33,34). The number of halogens is 3. The van der Waals surface area contributed by atoms with Gasteiger partial charge in [0.1, 0.15) is 5.82 Å². The molecule has 0 spiro atoms. The van der Waals surface area contributed by atoms with Crippen LogP contribution in [0.3, 0.4) is 0 Å². The van der Waals surface area contributed by atoms with Crippen molar-refractivity contribution < 1.29 is 27.8 Å². The Morgan fingerprint density at radius 2 is 1.75 bits per heavy atom. The molecule has 2 aromatic carbocycles. The van der Waals surface area contributed by atoms with Crippen molar-refractivity contribution in [1.29, 1.82) is 0 Å². The van der Waals surface area contributed by atoms with Crippen molar-refractivity contribution in [1.82, 2.24) is 9.97 Å². The molecule has 0 aliphatic carbocycles. The molecule has 0 amide bonds. The normalized spacial score (nSPS) is 14.2. The number of piperazine rings is 1. The third-order valence-corrected chi connectivity index (χ3v) is 6.64. The lowest BCUT2D eigenvalue weighted by Crippen LogP contribution is -2.47. The summed E-state index contributed by atoms with van der Waals surface area (Å²) in [7, 11) is 1.58. The molecular formula is C25H25F3N4O3S. The maximum atomic E-state index is 13.1. The highest BCUT2D eigenvalue weighted by atomic mass is 32.2. The molecule has 4 rings (SSSR count). The van der Waals surface area contributed by atoms with Crippen LogP contribution in [0, 0.1) is 0 Å². The Morgan fingerprint density at radius 1 is 1.03 bits per heavy atom. The number of hydrogen-bond donors (Lipinski definition) is 1. The number of benzene rings is 2. The highest BCUT2D eigenvalue weighted by molar-refractivity contribution is 7.98. The maximum Gasteiger partial charge on any atom is 0.416 e. The molecule has 0 unspecified atom stereocenters. The molecule has 0 bridgehead atoms. The van der Waals surface area contributed by atoms with Gasteiger partial charge in [-0.1, -0.05) is 30.0 Å². The van der Waals surface area contributed by atoms with Crippen molar-refractivity contribution in [3.05, 3.63) is 77.0 Å². The average molecular weight is 519 g/mol. The van der Waals surface area contributed by atoms with Crippen LogP contribution in [0.1, 0.15) is 27.2 Å². The monoisotopic (exact) mass is 518 g/mol. The van der Waals surface area contributed by atoms with Gasteiger partial charge in [-0.15, -0.1) is 0 Å². The summed E-state index contributed by atoms with van der Waals surface area (Å²) in [5.74, 6) is 0.245. The number of thioether (sulfide) groups is 1. The summed E-state index contributed by atoms with van der Waals surface area (Å²) < 4.78 is 44.6. The summed E-state index contributed by atoms with van der Waals surface area (Å²) in [5.41, 5.74) is 1.67. The number of rotatable bonds is 8. The van der Waals surface area contributed by atoms with Crippen LogP contribution in [0.4, 0.5) is 24.7 Å². The van der Waals surface area contributed by atoms with Crippen molar-refractivity contribution in [2.75, 3.05) is 43.1 Å². The van der Waals surface area contributed by atoms with E-state index >= 15 is 0 Å². The molecule has 1 aromatic heterocycles. The number of anilines is 2.